The monoisotopic (exact) mass is 830 g/mol. The van der Waals surface area contributed by atoms with Crippen LogP contribution in [0.3, 0.4) is 0 Å². The van der Waals surface area contributed by atoms with Crippen molar-refractivity contribution in [2.45, 2.75) is 121 Å². The van der Waals surface area contributed by atoms with Crippen LogP contribution in [-0.4, -0.2) is 110 Å². The average molecular weight is 831 g/mol. The lowest BCUT2D eigenvalue weighted by Gasteiger charge is -2.48. The number of carbonyl (C=O) groups is 3. The molecule has 1 spiro atoms. The van der Waals surface area contributed by atoms with Crippen molar-refractivity contribution in [1.29, 1.82) is 0 Å². The smallest absolute Gasteiger partial charge is 0.255 e. The summed E-state index contributed by atoms with van der Waals surface area (Å²) in [4.78, 5) is 59.6. The van der Waals surface area contributed by atoms with E-state index in [2.05, 4.69) is 62.3 Å². The zero-order valence-electron chi connectivity index (χ0n) is 35.8. The fourth-order valence-electron chi connectivity index (χ4n) is 11.3. The second kappa shape index (κ2) is 15.8. The Balaban J connectivity index is 0.675. The van der Waals surface area contributed by atoms with Crippen LogP contribution in [-0.2, 0) is 22.6 Å². The Labute approximate surface area is 357 Å². The fraction of sp³-hybridized carbons (Fsp3) is 0.562. The van der Waals surface area contributed by atoms with Gasteiger partial charge in [-0.25, -0.2) is 9.37 Å². The van der Waals surface area contributed by atoms with Gasteiger partial charge in [-0.3, -0.25) is 29.6 Å². The number of hydrogen-bond donors (Lipinski definition) is 2. The summed E-state index contributed by atoms with van der Waals surface area (Å²) in [6.45, 7) is 11.7. The summed E-state index contributed by atoms with van der Waals surface area (Å²) in [5.41, 5.74) is 6.10. The van der Waals surface area contributed by atoms with Crippen molar-refractivity contribution in [1.82, 2.24) is 35.0 Å². The summed E-state index contributed by atoms with van der Waals surface area (Å²) in [6.07, 6.45) is 13.4. The van der Waals surface area contributed by atoms with Gasteiger partial charge in [0.05, 0.1) is 24.1 Å². The van der Waals surface area contributed by atoms with Crippen molar-refractivity contribution in [3.8, 4) is 5.88 Å². The molecule has 7 heterocycles. The lowest BCUT2D eigenvalue weighted by molar-refractivity contribution is -0.136. The van der Waals surface area contributed by atoms with Crippen molar-refractivity contribution in [2.24, 2.45) is 11.3 Å². The van der Waals surface area contributed by atoms with E-state index in [0.29, 0.717) is 42.3 Å². The molecule has 2 aromatic heterocycles. The minimum Gasteiger partial charge on any atom is -0.473 e. The Bertz CT molecular complexity index is 2300. The number of benzene rings is 2. The predicted octanol–water partition coefficient (Wildman–Crippen LogP) is 6.73. The van der Waals surface area contributed by atoms with Gasteiger partial charge in [0.15, 0.2) is 0 Å². The highest BCUT2D eigenvalue weighted by atomic mass is 19.1. The molecule has 5 aliphatic heterocycles. The number of fused-ring (bicyclic) bond motifs is 4. The number of hydrogen-bond acceptors (Lipinski definition) is 9. The van der Waals surface area contributed by atoms with Gasteiger partial charge in [-0.15, -0.1) is 0 Å². The minimum absolute atomic E-state index is 0.119. The Kier molecular flexibility index (Phi) is 10.4. The molecule has 4 fully saturated rings. The number of ether oxygens (including phenoxy) is 1. The highest BCUT2D eigenvalue weighted by Crippen LogP contribution is 2.44. The van der Waals surface area contributed by atoms with Crippen molar-refractivity contribution in [3.63, 3.8) is 0 Å². The van der Waals surface area contributed by atoms with Crippen molar-refractivity contribution in [2.75, 3.05) is 44.2 Å². The van der Waals surface area contributed by atoms with Gasteiger partial charge in [-0.2, -0.15) is 0 Å². The highest BCUT2D eigenvalue weighted by molar-refractivity contribution is 6.05. The van der Waals surface area contributed by atoms with E-state index >= 15 is 4.39 Å². The average Bonchev–Trinajstić information content (AvgIpc) is 3.76. The Hall–Kier alpha value is -4.88. The van der Waals surface area contributed by atoms with Crippen LogP contribution in [0.1, 0.15) is 117 Å². The predicted molar refractivity (Wildman–Crippen MR) is 231 cm³/mol. The molecular weight excluding hydrogens is 772 g/mol. The van der Waals surface area contributed by atoms with Crippen LogP contribution < -0.4 is 15.0 Å². The third-order valence-corrected chi connectivity index (χ3v) is 15.0. The molecule has 322 valence electrons. The number of halogens is 1. The third-order valence-electron chi connectivity index (χ3n) is 15.0. The van der Waals surface area contributed by atoms with E-state index in [9.17, 15) is 14.4 Å². The minimum atomic E-state index is -1.35. The Morgan fingerprint density at radius 3 is 2.48 bits per heavy atom. The summed E-state index contributed by atoms with van der Waals surface area (Å²) in [7, 11) is 0. The number of H-pyrrole nitrogens is 1. The van der Waals surface area contributed by atoms with Crippen molar-refractivity contribution in [3.05, 3.63) is 82.9 Å². The molecule has 0 radical (unpaired) electrons. The summed E-state index contributed by atoms with van der Waals surface area (Å²) < 4.78 is 21.5. The molecule has 1 saturated carbocycles. The van der Waals surface area contributed by atoms with Gasteiger partial charge in [-0.1, -0.05) is 18.2 Å². The quantitative estimate of drug-likeness (QED) is 0.167. The number of para-hydroxylation sites is 1. The molecule has 0 bridgehead atoms. The number of alkyl halides is 1. The number of rotatable bonds is 10. The van der Waals surface area contributed by atoms with Crippen LogP contribution in [0.5, 0.6) is 5.88 Å². The number of nitrogens with zero attached hydrogens (tertiary/aromatic N) is 6. The van der Waals surface area contributed by atoms with Gasteiger partial charge >= 0.3 is 0 Å². The molecule has 2 N–H and O–H groups in total. The maximum atomic E-state index is 15.2. The Morgan fingerprint density at radius 2 is 1.74 bits per heavy atom. The number of aromatic nitrogens is 3. The van der Waals surface area contributed by atoms with Crippen LogP contribution in [0.4, 0.5) is 10.1 Å². The van der Waals surface area contributed by atoms with Gasteiger partial charge in [0.1, 0.15) is 17.8 Å². The molecule has 1 unspecified atom stereocenters. The van der Waals surface area contributed by atoms with E-state index in [4.69, 9.17) is 14.7 Å². The van der Waals surface area contributed by atoms with Crippen molar-refractivity contribution < 1.29 is 23.5 Å². The van der Waals surface area contributed by atoms with E-state index in [0.717, 1.165) is 80.1 Å². The number of likely N-dealkylation sites (tertiary alicyclic amines) is 1. The number of nitrogens with one attached hydrogen (secondary N) is 2. The van der Waals surface area contributed by atoms with Crippen LogP contribution in [0.15, 0.2) is 54.9 Å². The van der Waals surface area contributed by atoms with E-state index in [-0.39, 0.29) is 42.3 Å². The van der Waals surface area contributed by atoms with Crippen molar-refractivity contribution >= 4 is 34.3 Å². The van der Waals surface area contributed by atoms with Gasteiger partial charge in [-0.05, 0) is 145 Å². The van der Waals surface area contributed by atoms with Crippen LogP contribution >= 0.6 is 0 Å². The van der Waals surface area contributed by atoms with Crippen LogP contribution in [0.25, 0.3) is 10.9 Å². The largest absolute Gasteiger partial charge is 0.473 e. The standard InChI is InChI=1S/C48H59FN8O4/c1-30-22-37-36-6-4-5-7-38(36)52-43(37)44(57(30)29-47(2,3)49)39-26-51-42(27-50-39)61-34-23-31(24-34)12-17-54-18-13-48(14-19-54)15-20-55(21-16-48)33-8-9-35-32(25-33)28-56(46(35)60)40-10-11-41(58)53-45(40)59/h4-9,25-27,30-31,34,40,44,52H,10-24,28-29H2,1-3H3,(H,53,58,59)/t30-,31?,34?,40?,44-/m1/s1. The molecule has 10 rings (SSSR count). The molecule has 4 aromatic rings. The molecule has 3 amide bonds. The number of aromatic amines is 1. The SMILES string of the molecule is C[C@@H]1Cc2c([nH]c3ccccc23)[C@@H](c2cnc(OC3CC(CCN4CCC5(CC4)CCN(c4ccc6c(c4)CN(C4CCC(=O)NC4=O)C6=O)CC5)C3)cn2)N1CC(C)(C)F. The zero-order chi connectivity index (χ0) is 42.0. The van der Waals surface area contributed by atoms with E-state index in [1.807, 2.05) is 18.3 Å². The lowest BCUT2D eigenvalue weighted by Crippen LogP contribution is -2.52. The lowest BCUT2D eigenvalue weighted by atomic mass is 9.71. The first-order chi connectivity index (χ1) is 29.4. The number of piperidine rings is 3. The molecule has 1 aliphatic carbocycles. The first-order valence-electron chi connectivity index (χ1n) is 22.7. The second-order valence-electron chi connectivity index (χ2n) is 19.6. The number of amides is 3. The first kappa shape index (κ1) is 40.2. The number of anilines is 1. The number of carbonyl (C=O) groups excluding carboxylic acids is 3. The van der Waals surface area contributed by atoms with E-state index in [1.54, 1.807) is 24.9 Å². The maximum absolute atomic E-state index is 15.2. The van der Waals surface area contributed by atoms with Gasteiger partial charge in [0.2, 0.25) is 17.7 Å². The molecule has 61 heavy (non-hydrogen) atoms. The van der Waals surface area contributed by atoms with Gasteiger partial charge in [0.25, 0.3) is 5.91 Å². The molecule has 12 nitrogen and oxygen atoms in total. The fourth-order valence-corrected chi connectivity index (χ4v) is 11.3. The summed E-state index contributed by atoms with van der Waals surface area (Å²) >= 11 is 0. The number of imide groups is 1. The van der Waals surface area contributed by atoms with Gasteiger partial charge in [0, 0.05) is 66.5 Å². The normalized spacial score (nSPS) is 27.0. The molecule has 3 saturated heterocycles. The second-order valence-corrected chi connectivity index (χ2v) is 19.6. The molecule has 2 aromatic carbocycles. The first-order valence-corrected chi connectivity index (χ1v) is 22.7. The maximum Gasteiger partial charge on any atom is 0.255 e. The molecule has 3 atom stereocenters. The third kappa shape index (κ3) is 7.92. The molecule has 6 aliphatic rings. The summed E-state index contributed by atoms with van der Waals surface area (Å²) in [5.74, 6) is 0.463. The topological polar surface area (TPSA) is 127 Å². The zero-order valence-corrected chi connectivity index (χ0v) is 35.8. The molecule has 13 heteroatoms. The summed E-state index contributed by atoms with van der Waals surface area (Å²) in [6, 6.07) is 13.8. The Morgan fingerprint density at radius 1 is 0.967 bits per heavy atom. The van der Waals surface area contributed by atoms with E-state index < -0.39 is 11.7 Å². The summed E-state index contributed by atoms with van der Waals surface area (Å²) in [5, 5.41) is 3.61. The van der Waals surface area contributed by atoms with Crippen LogP contribution in [0.2, 0.25) is 0 Å². The van der Waals surface area contributed by atoms with E-state index in [1.165, 1.54) is 43.1 Å². The van der Waals surface area contributed by atoms with Gasteiger partial charge < -0.3 is 24.4 Å². The highest BCUT2D eigenvalue weighted by Gasteiger charge is 2.42. The molecular formula is C48H59FN8O4. The van der Waals surface area contributed by atoms with Crippen LogP contribution in [0, 0.1) is 11.3 Å².